The Balaban J connectivity index is 1.72. The van der Waals surface area contributed by atoms with Crippen molar-refractivity contribution in [1.82, 2.24) is 0 Å². The van der Waals surface area contributed by atoms with E-state index in [1.54, 1.807) is 29.2 Å². The Kier molecular flexibility index (Phi) is 5.90. The van der Waals surface area contributed by atoms with E-state index in [9.17, 15) is 14.7 Å². The van der Waals surface area contributed by atoms with Crippen LogP contribution >= 0.6 is 0 Å². The predicted molar refractivity (Wildman–Crippen MR) is 128 cm³/mol. The Labute approximate surface area is 186 Å². The summed E-state index contributed by atoms with van der Waals surface area (Å²) in [5.74, 6) is -0.613. The molecule has 0 aliphatic carbocycles. The summed E-state index contributed by atoms with van der Waals surface area (Å²) in [5, 5.41) is 15.0. The third-order valence-electron chi connectivity index (χ3n) is 5.50. The van der Waals surface area contributed by atoms with E-state index in [1.165, 1.54) is 6.92 Å². The first-order valence-electron chi connectivity index (χ1n) is 10.4. The first kappa shape index (κ1) is 21.1. The lowest BCUT2D eigenvalue weighted by Gasteiger charge is -2.23. The fraction of sp³-hybridized carbons (Fsp3) is 0.111. The molecule has 4 rings (SSSR count). The number of amides is 2. The zero-order valence-electron chi connectivity index (χ0n) is 18.0. The lowest BCUT2D eigenvalue weighted by Crippen LogP contribution is -2.28. The van der Waals surface area contributed by atoms with Crippen molar-refractivity contribution in [3.63, 3.8) is 0 Å². The van der Waals surface area contributed by atoms with Gasteiger partial charge in [0.05, 0.1) is 17.8 Å². The molecule has 0 aliphatic rings. The van der Waals surface area contributed by atoms with Crippen LogP contribution in [0.4, 0.5) is 11.4 Å². The van der Waals surface area contributed by atoms with Crippen LogP contribution in [0.5, 0.6) is 5.75 Å². The summed E-state index contributed by atoms with van der Waals surface area (Å²) >= 11 is 0. The fourth-order valence-corrected chi connectivity index (χ4v) is 3.78. The largest absolute Gasteiger partial charge is 0.506 e. The summed E-state index contributed by atoms with van der Waals surface area (Å²) in [6, 6.07) is 25.9. The zero-order chi connectivity index (χ0) is 22.7. The highest BCUT2D eigenvalue weighted by Crippen LogP contribution is 2.36. The highest BCUT2D eigenvalue weighted by molar-refractivity contribution is 6.12. The number of rotatable bonds is 5. The molecule has 0 atom stereocenters. The molecule has 4 aromatic rings. The Hall–Kier alpha value is -4.12. The summed E-state index contributed by atoms with van der Waals surface area (Å²) < 4.78 is 0. The number of phenols is 1. The van der Waals surface area contributed by atoms with E-state index in [2.05, 4.69) is 5.32 Å². The molecule has 2 amide bonds. The van der Waals surface area contributed by atoms with Gasteiger partial charge < -0.3 is 15.3 Å². The molecule has 4 aromatic carbocycles. The summed E-state index contributed by atoms with van der Waals surface area (Å²) in [6.45, 7) is 3.84. The third-order valence-corrected chi connectivity index (χ3v) is 5.50. The predicted octanol–water partition coefficient (Wildman–Crippen LogP) is 5.66. The van der Waals surface area contributed by atoms with Crippen LogP contribution in [0, 0.1) is 6.92 Å². The minimum atomic E-state index is -0.392. The molecule has 0 heterocycles. The quantitative estimate of drug-likeness (QED) is 0.434. The van der Waals surface area contributed by atoms with Crippen LogP contribution in [0.25, 0.3) is 10.8 Å². The van der Waals surface area contributed by atoms with Crippen molar-refractivity contribution in [2.75, 3.05) is 10.2 Å². The molecule has 0 aliphatic heterocycles. The van der Waals surface area contributed by atoms with Crippen LogP contribution < -0.4 is 10.2 Å². The number of aryl methyl sites for hydroxylation is 1. The smallest absolute Gasteiger partial charge is 0.259 e. The summed E-state index contributed by atoms with van der Waals surface area (Å²) in [6.07, 6.45) is 0. The van der Waals surface area contributed by atoms with Crippen molar-refractivity contribution < 1.29 is 14.7 Å². The van der Waals surface area contributed by atoms with E-state index in [-0.39, 0.29) is 17.2 Å². The Morgan fingerprint density at radius 2 is 1.56 bits per heavy atom. The second kappa shape index (κ2) is 8.94. The van der Waals surface area contributed by atoms with Crippen molar-refractivity contribution in [3.05, 3.63) is 102 Å². The minimum absolute atomic E-state index is 0.109. The Morgan fingerprint density at radius 3 is 2.28 bits per heavy atom. The van der Waals surface area contributed by atoms with Crippen molar-refractivity contribution in [3.8, 4) is 5.75 Å². The SMILES string of the molecule is CC(=O)N(Cc1ccccc1)c1cccc2c(O)c(C(=O)Nc3ccccc3C)ccc12. The van der Waals surface area contributed by atoms with Gasteiger partial charge in [0.25, 0.3) is 5.91 Å². The lowest BCUT2D eigenvalue weighted by atomic mass is 10.0. The highest BCUT2D eigenvalue weighted by Gasteiger charge is 2.19. The van der Waals surface area contributed by atoms with Crippen LogP contribution in [0.3, 0.4) is 0 Å². The van der Waals surface area contributed by atoms with Crippen LogP contribution in [-0.2, 0) is 11.3 Å². The number of nitrogens with zero attached hydrogens (tertiary/aromatic N) is 1. The molecular weight excluding hydrogens is 400 g/mol. The molecule has 0 radical (unpaired) electrons. The number of carbonyl (C=O) groups is 2. The van der Waals surface area contributed by atoms with Crippen LogP contribution in [-0.4, -0.2) is 16.9 Å². The van der Waals surface area contributed by atoms with Gasteiger partial charge in [-0.25, -0.2) is 0 Å². The average molecular weight is 425 g/mol. The number of hydrogen-bond donors (Lipinski definition) is 2. The maximum Gasteiger partial charge on any atom is 0.259 e. The molecule has 0 saturated heterocycles. The monoisotopic (exact) mass is 424 g/mol. The van der Waals surface area contributed by atoms with Gasteiger partial charge in [0.1, 0.15) is 5.75 Å². The number of anilines is 2. The number of carbonyl (C=O) groups excluding carboxylic acids is 2. The van der Waals surface area contributed by atoms with Gasteiger partial charge in [0, 0.05) is 23.4 Å². The average Bonchev–Trinajstić information content (AvgIpc) is 2.79. The number of fused-ring (bicyclic) bond motifs is 1. The van der Waals surface area contributed by atoms with Crippen molar-refractivity contribution in [1.29, 1.82) is 0 Å². The van der Waals surface area contributed by atoms with E-state index in [0.29, 0.717) is 28.7 Å². The van der Waals surface area contributed by atoms with Crippen molar-refractivity contribution >= 4 is 34.0 Å². The number of nitrogens with one attached hydrogen (secondary N) is 1. The van der Waals surface area contributed by atoms with Crippen LogP contribution in [0.15, 0.2) is 84.9 Å². The van der Waals surface area contributed by atoms with Gasteiger partial charge in [-0.3, -0.25) is 9.59 Å². The van der Waals surface area contributed by atoms with E-state index >= 15 is 0 Å². The molecule has 0 saturated carbocycles. The third kappa shape index (κ3) is 4.18. The first-order chi connectivity index (χ1) is 15.5. The molecular formula is C27H24N2O3. The molecule has 32 heavy (non-hydrogen) atoms. The topological polar surface area (TPSA) is 69.6 Å². The summed E-state index contributed by atoms with van der Waals surface area (Å²) in [7, 11) is 0. The van der Waals surface area contributed by atoms with Gasteiger partial charge >= 0.3 is 0 Å². The Bertz CT molecular complexity index is 1300. The van der Waals surface area contributed by atoms with E-state index in [1.807, 2.05) is 67.6 Å². The number of phenolic OH excluding ortho intramolecular Hbond substituents is 1. The normalized spacial score (nSPS) is 10.7. The molecule has 0 bridgehead atoms. The number of aromatic hydroxyl groups is 1. The maximum atomic E-state index is 12.9. The van der Waals surface area contributed by atoms with E-state index < -0.39 is 5.91 Å². The van der Waals surface area contributed by atoms with Crippen molar-refractivity contribution in [2.24, 2.45) is 0 Å². The number of para-hydroxylation sites is 1. The highest BCUT2D eigenvalue weighted by atomic mass is 16.3. The molecule has 0 aromatic heterocycles. The van der Waals surface area contributed by atoms with Gasteiger partial charge in [0.2, 0.25) is 5.91 Å². The fourth-order valence-electron chi connectivity index (χ4n) is 3.78. The molecule has 5 heteroatoms. The number of benzene rings is 4. The zero-order valence-corrected chi connectivity index (χ0v) is 18.0. The standard InChI is InChI=1S/C27H24N2O3/c1-18-9-6-7-13-24(18)28-27(32)23-16-15-21-22(26(23)31)12-8-14-25(21)29(19(2)30)17-20-10-4-3-5-11-20/h3-16,31H,17H2,1-2H3,(H,28,32). The molecule has 0 unspecified atom stereocenters. The van der Waals surface area contributed by atoms with Crippen molar-refractivity contribution in [2.45, 2.75) is 20.4 Å². The summed E-state index contributed by atoms with van der Waals surface area (Å²) in [4.78, 5) is 27.0. The van der Waals surface area contributed by atoms with E-state index in [0.717, 1.165) is 11.1 Å². The van der Waals surface area contributed by atoms with Gasteiger partial charge in [-0.1, -0.05) is 66.7 Å². The molecule has 160 valence electrons. The second-order valence-electron chi connectivity index (χ2n) is 7.69. The molecule has 0 spiro atoms. The van der Waals surface area contributed by atoms with Crippen LogP contribution in [0.1, 0.15) is 28.4 Å². The summed E-state index contributed by atoms with van der Waals surface area (Å²) in [5.41, 5.74) is 3.48. The van der Waals surface area contributed by atoms with Gasteiger partial charge in [-0.15, -0.1) is 0 Å². The first-order valence-corrected chi connectivity index (χ1v) is 10.4. The van der Waals surface area contributed by atoms with Gasteiger partial charge in [-0.2, -0.15) is 0 Å². The minimum Gasteiger partial charge on any atom is -0.506 e. The number of hydrogen-bond acceptors (Lipinski definition) is 3. The van der Waals surface area contributed by atoms with Crippen LogP contribution in [0.2, 0.25) is 0 Å². The molecule has 0 fully saturated rings. The second-order valence-corrected chi connectivity index (χ2v) is 7.69. The lowest BCUT2D eigenvalue weighted by molar-refractivity contribution is -0.116. The molecule has 2 N–H and O–H groups in total. The molecule has 5 nitrogen and oxygen atoms in total. The Morgan fingerprint density at radius 1 is 0.844 bits per heavy atom. The van der Waals surface area contributed by atoms with Gasteiger partial charge in [-0.05, 0) is 36.2 Å². The van der Waals surface area contributed by atoms with E-state index in [4.69, 9.17) is 0 Å². The maximum absolute atomic E-state index is 12.9. The van der Waals surface area contributed by atoms with Gasteiger partial charge in [0.15, 0.2) is 0 Å².